The molecular weight excluding hydrogens is 446 g/mol. The number of hydrogen-bond acceptors (Lipinski definition) is 15. The molecule has 0 saturated carbocycles. The van der Waals surface area contributed by atoms with E-state index < -0.39 is 62.2 Å². The van der Waals surface area contributed by atoms with Crippen LogP contribution in [0.5, 0.6) is 0 Å². The summed E-state index contributed by atoms with van der Waals surface area (Å²) in [5.74, 6) is -0.132. The van der Waals surface area contributed by atoms with E-state index in [1.165, 1.54) is 17.9 Å². The number of ether oxygens (including phenoxy) is 1. The molecule has 33 heavy (non-hydrogen) atoms. The smallest absolute Gasteiger partial charge is 0.250 e. The zero-order valence-electron chi connectivity index (χ0n) is 17.4. The number of hydrazone groups is 1. The summed E-state index contributed by atoms with van der Waals surface area (Å²) in [4.78, 5) is 12.4. The van der Waals surface area contributed by atoms with E-state index in [1.54, 1.807) is 0 Å². The van der Waals surface area contributed by atoms with Gasteiger partial charge < -0.3 is 51.3 Å². The lowest BCUT2D eigenvalue weighted by Crippen LogP contribution is -2.46. The minimum absolute atomic E-state index is 0.0513. The molecule has 0 bridgehead atoms. The quantitative estimate of drug-likeness (QED) is 0.122. The Morgan fingerprint density at radius 1 is 1.18 bits per heavy atom. The van der Waals surface area contributed by atoms with Crippen molar-refractivity contribution in [1.82, 2.24) is 19.5 Å². The van der Waals surface area contributed by atoms with Gasteiger partial charge in [0.25, 0.3) is 0 Å². The fraction of sp³-hybridized carbons (Fsp3) is 0.647. The van der Waals surface area contributed by atoms with Crippen molar-refractivity contribution in [2.45, 2.75) is 49.0 Å². The van der Waals surface area contributed by atoms with Crippen molar-refractivity contribution >= 4 is 29.1 Å². The number of imidazole rings is 1. The van der Waals surface area contributed by atoms with Crippen molar-refractivity contribution in [1.29, 1.82) is 0 Å². The number of hydrogen-bond donors (Lipinski definition) is 9. The number of fused-ring (bicyclic) bond motifs is 1. The minimum Gasteiger partial charge on any atom is -0.394 e. The van der Waals surface area contributed by atoms with Gasteiger partial charge in [-0.25, -0.2) is 9.99 Å². The first-order valence-corrected chi connectivity index (χ1v) is 9.84. The van der Waals surface area contributed by atoms with Gasteiger partial charge in [-0.05, 0) is 0 Å². The molecule has 10 N–H and O–H groups in total. The normalized spacial score (nSPS) is 27.2. The summed E-state index contributed by atoms with van der Waals surface area (Å²) < 4.78 is 6.80. The van der Waals surface area contributed by atoms with E-state index in [9.17, 15) is 35.7 Å². The predicted octanol–water partition coefficient (Wildman–Crippen LogP) is -5.12. The van der Waals surface area contributed by atoms with E-state index in [4.69, 9.17) is 15.6 Å². The van der Waals surface area contributed by atoms with Crippen molar-refractivity contribution < 1.29 is 45.6 Å². The van der Waals surface area contributed by atoms with Crippen LogP contribution in [0.2, 0.25) is 0 Å². The lowest BCUT2D eigenvalue weighted by atomic mass is 10.0. The van der Waals surface area contributed by atoms with Crippen molar-refractivity contribution in [2.24, 2.45) is 5.10 Å². The predicted molar refractivity (Wildman–Crippen MR) is 111 cm³/mol. The van der Waals surface area contributed by atoms with Crippen LogP contribution in [0.1, 0.15) is 6.23 Å². The summed E-state index contributed by atoms with van der Waals surface area (Å²) in [6.45, 7) is -1.34. The Bertz CT molecular complexity index is 976. The van der Waals surface area contributed by atoms with Gasteiger partial charge in [0.2, 0.25) is 5.95 Å². The minimum atomic E-state index is -1.84. The van der Waals surface area contributed by atoms with Gasteiger partial charge in [-0.15, -0.1) is 0 Å². The monoisotopic (exact) mass is 473 g/mol. The maximum atomic E-state index is 10.3. The van der Waals surface area contributed by atoms with Crippen molar-refractivity contribution in [2.75, 3.05) is 31.0 Å². The molecule has 3 heterocycles. The zero-order valence-corrected chi connectivity index (χ0v) is 17.4. The molecule has 3 rings (SSSR count). The fourth-order valence-electron chi connectivity index (χ4n) is 3.21. The number of aromatic nitrogens is 4. The molecule has 0 radical (unpaired) electrons. The molecule has 2 aromatic rings. The van der Waals surface area contributed by atoms with E-state index in [0.717, 1.165) is 11.2 Å². The molecule has 1 fully saturated rings. The second kappa shape index (κ2) is 10.2. The number of anilines is 2. The molecule has 184 valence electrons. The summed E-state index contributed by atoms with van der Waals surface area (Å²) in [6, 6.07) is 0. The van der Waals surface area contributed by atoms with Crippen LogP contribution < -0.4 is 10.7 Å². The number of nitrogens with two attached hydrogens (primary N) is 1. The maximum Gasteiger partial charge on any atom is 0.250 e. The first-order chi connectivity index (χ1) is 15.6. The molecule has 16 nitrogen and oxygen atoms in total. The topological polar surface area (TPSA) is 256 Å². The third-order valence-electron chi connectivity index (χ3n) is 5.19. The Morgan fingerprint density at radius 2 is 1.88 bits per heavy atom. The van der Waals surface area contributed by atoms with Crippen LogP contribution in [0.3, 0.4) is 0 Å². The van der Waals surface area contributed by atoms with Gasteiger partial charge in [-0.2, -0.15) is 15.1 Å². The summed E-state index contributed by atoms with van der Waals surface area (Å²) in [5.41, 5.74) is 6.24. The van der Waals surface area contributed by atoms with E-state index in [1.807, 2.05) is 0 Å². The Morgan fingerprint density at radius 3 is 2.48 bits per heavy atom. The van der Waals surface area contributed by atoms with Gasteiger partial charge in [0.1, 0.15) is 48.2 Å². The van der Waals surface area contributed by atoms with Gasteiger partial charge >= 0.3 is 0 Å². The van der Waals surface area contributed by atoms with E-state index in [-0.39, 0.29) is 22.9 Å². The molecule has 1 aliphatic rings. The number of aliphatic hydroxyl groups excluding tert-OH is 8. The van der Waals surface area contributed by atoms with Crippen LogP contribution in [0.15, 0.2) is 11.4 Å². The Balaban J connectivity index is 1.84. The number of rotatable bonds is 9. The first-order valence-electron chi connectivity index (χ1n) is 9.84. The van der Waals surface area contributed by atoms with Crippen LogP contribution in [-0.4, -0.2) is 130 Å². The second-order valence-electron chi connectivity index (χ2n) is 7.47. The lowest BCUT2D eigenvalue weighted by Gasteiger charge is -2.23. The van der Waals surface area contributed by atoms with Crippen LogP contribution in [-0.2, 0) is 4.74 Å². The second-order valence-corrected chi connectivity index (χ2v) is 7.47. The number of nitrogens with zero attached hydrogens (tertiary/aromatic N) is 6. The lowest BCUT2D eigenvalue weighted by molar-refractivity contribution is -0.0999. The highest BCUT2D eigenvalue weighted by Crippen LogP contribution is 2.32. The molecule has 0 unspecified atom stereocenters. The van der Waals surface area contributed by atoms with Crippen LogP contribution in [0.25, 0.3) is 11.2 Å². The first kappa shape index (κ1) is 25.1. The highest BCUT2D eigenvalue weighted by Gasteiger charge is 2.44. The molecule has 1 saturated heterocycles. The molecule has 2 aromatic heterocycles. The van der Waals surface area contributed by atoms with Crippen molar-refractivity contribution in [3.8, 4) is 0 Å². The summed E-state index contributed by atoms with van der Waals surface area (Å²) in [6.07, 6.45) is -9.76. The molecule has 1 aliphatic heterocycles. The average Bonchev–Trinajstić information content (AvgIpc) is 3.36. The highest BCUT2D eigenvalue weighted by atomic mass is 16.6. The molecule has 8 atom stereocenters. The standard InChI is InChI=1S/C17H27N7O9/c1-23(20-2-6(27)10(29)11(30)7(28)3-25)17-21-14(18)9-15(22-17)24(5-19-9)16-13(32)12(31)8(4-26)33-16/h2,5-8,10-13,16,25-32H,3-4H2,1H3,(H2,18,21,22)/b20-2+/t6-,7+,8+,10+,11-,12+,13+,16+/m0/s1. The largest absolute Gasteiger partial charge is 0.394 e. The van der Waals surface area contributed by atoms with Crippen LogP contribution in [0, 0.1) is 0 Å². The number of nitrogen functional groups attached to an aromatic ring is 1. The highest BCUT2D eigenvalue weighted by molar-refractivity contribution is 5.83. The Labute approximate surface area is 186 Å². The van der Waals surface area contributed by atoms with E-state index in [2.05, 4.69) is 20.1 Å². The van der Waals surface area contributed by atoms with Crippen molar-refractivity contribution in [3.63, 3.8) is 0 Å². The molecule has 0 spiro atoms. The van der Waals surface area contributed by atoms with Crippen molar-refractivity contribution in [3.05, 3.63) is 6.33 Å². The van der Waals surface area contributed by atoms with Crippen LogP contribution in [0.4, 0.5) is 11.8 Å². The fourth-order valence-corrected chi connectivity index (χ4v) is 3.21. The summed E-state index contributed by atoms with van der Waals surface area (Å²) in [7, 11) is 1.39. The molecule has 0 amide bonds. The van der Waals surface area contributed by atoms with Gasteiger partial charge in [0, 0.05) is 7.05 Å². The molecule has 0 aliphatic carbocycles. The molecular formula is C17H27N7O9. The maximum absolute atomic E-state index is 10.3. The Hall–Kier alpha value is -2.54. The third-order valence-corrected chi connectivity index (χ3v) is 5.19. The Kier molecular flexibility index (Phi) is 7.73. The van der Waals surface area contributed by atoms with E-state index in [0.29, 0.717) is 0 Å². The third kappa shape index (κ3) is 4.88. The molecule has 0 aromatic carbocycles. The van der Waals surface area contributed by atoms with Gasteiger partial charge in [0.05, 0.1) is 25.8 Å². The summed E-state index contributed by atoms with van der Waals surface area (Å²) >= 11 is 0. The van der Waals surface area contributed by atoms with Crippen LogP contribution >= 0.6 is 0 Å². The summed E-state index contributed by atoms with van der Waals surface area (Å²) in [5, 5.41) is 82.2. The van der Waals surface area contributed by atoms with Gasteiger partial charge in [-0.1, -0.05) is 0 Å². The van der Waals surface area contributed by atoms with Gasteiger partial charge in [0.15, 0.2) is 17.7 Å². The zero-order chi connectivity index (χ0) is 24.4. The number of aliphatic hydroxyl groups is 8. The SMILES string of the molecule is CN(/N=C/[C@H](O)[C@@H](O)[C@@H](O)[C@H](O)CO)c1nc(N)c2ncn([C@@H]3O[C@H](CO)[C@@H](O)[C@H]3O)c2n1. The molecule has 16 heteroatoms. The van der Waals surface area contributed by atoms with E-state index >= 15 is 0 Å². The van der Waals surface area contributed by atoms with Gasteiger partial charge in [-0.3, -0.25) is 4.57 Å². The average molecular weight is 473 g/mol.